The number of ketones is 1. The van der Waals surface area contributed by atoms with E-state index in [-0.39, 0.29) is 23.2 Å². The van der Waals surface area contributed by atoms with Gasteiger partial charge in [-0.05, 0) is 31.0 Å². The number of nitrogens with one attached hydrogen (secondary N) is 2. The smallest absolute Gasteiger partial charge is 0.411 e. The Hall–Kier alpha value is -2.81. The second-order valence-electron chi connectivity index (χ2n) is 6.43. The number of halogens is 2. The van der Waals surface area contributed by atoms with Gasteiger partial charge in [0, 0.05) is 29.4 Å². The Morgan fingerprint density at radius 3 is 2.89 bits per heavy atom. The van der Waals surface area contributed by atoms with Crippen molar-refractivity contribution in [2.45, 2.75) is 37.6 Å². The minimum atomic E-state index is -3.53. The van der Waals surface area contributed by atoms with E-state index in [1.807, 2.05) is 0 Å². The van der Waals surface area contributed by atoms with E-state index in [0.29, 0.717) is 24.4 Å². The van der Waals surface area contributed by atoms with Gasteiger partial charge < -0.3 is 15.5 Å². The zero-order chi connectivity index (χ0) is 19.6. The Labute approximate surface area is 154 Å². The molecule has 1 aromatic carbocycles. The van der Waals surface area contributed by atoms with Crippen molar-refractivity contribution in [1.29, 1.82) is 0 Å². The number of hydrogen-bond donors (Lipinski definition) is 3. The molecular weight excluding hydrogens is 358 g/mol. The Morgan fingerprint density at radius 1 is 1.37 bits per heavy atom. The van der Waals surface area contributed by atoms with Gasteiger partial charge >= 0.3 is 12.0 Å². The number of rotatable bonds is 1. The van der Waals surface area contributed by atoms with Crippen molar-refractivity contribution in [3.05, 3.63) is 35.8 Å². The topological polar surface area (TPSA) is 110 Å². The molecule has 2 heterocycles. The molecule has 2 aromatic rings. The van der Waals surface area contributed by atoms with Crippen LogP contribution in [-0.4, -0.2) is 34.9 Å². The largest absolute Gasteiger partial charge is 0.453 e. The van der Waals surface area contributed by atoms with E-state index in [4.69, 9.17) is 5.73 Å². The molecule has 0 unspecified atom stereocenters. The average Bonchev–Trinajstić information content (AvgIpc) is 3.13. The van der Waals surface area contributed by atoms with Crippen molar-refractivity contribution in [3.8, 4) is 11.3 Å². The van der Waals surface area contributed by atoms with Gasteiger partial charge in [-0.15, -0.1) is 0 Å². The van der Waals surface area contributed by atoms with E-state index in [2.05, 4.69) is 20.0 Å². The van der Waals surface area contributed by atoms with Crippen molar-refractivity contribution >= 4 is 17.6 Å². The highest BCUT2D eigenvalue weighted by atomic mass is 19.3. The Bertz CT molecular complexity index is 866. The number of carbonyl (C=O) groups is 2. The van der Waals surface area contributed by atoms with Gasteiger partial charge in [0.15, 0.2) is 0 Å². The first kappa shape index (κ1) is 19.0. The molecule has 27 heavy (non-hydrogen) atoms. The molecule has 1 amide bonds. The lowest BCUT2D eigenvalue weighted by molar-refractivity contribution is 0.00337. The standard InChI is InChI=1S/C18H20F2N4O3/c1-27-17(26)23-10-5-6-11-12(8-10)15(25)18(19,20)7-3-2-4-13(21)16-22-9-14(11)24-16/h5-6,8-9,13H,2-4,7,21H2,1H3,(H,22,24)(H,23,26)/t13-/m0/s1. The number of imidazole rings is 1. The van der Waals surface area contributed by atoms with Crippen LogP contribution in [0.2, 0.25) is 0 Å². The number of benzene rings is 1. The van der Waals surface area contributed by atoms with Crippen molar-refractivity contribution in [2.24, 2.45) is 5.73 Å². The molecule has 2 bridgehead atoms. The number of hydrogen-bond acceptors (Lipinski definition) is 5. The summed E-state index contributed by atoms with van der Waals surface area (Å²) in [6.45, 7) is 0. The summed E-state index contributed by atoms with van der Waals surface area (Å²) < 4.78 is 33.5. The highest BCUT2D eigenvalue weighted by Gasteiger charge is 2.40. The molecule has 1 aromatic heterocycles. The van der Waals surface area contributed by atoms with E-state index < -0.39 is 30.3 Å². The second kappa shape index (κ2) is 7.43. The number of aromatic amines is 1. The quantitative estimate of drug-likeness (QED) is 0.702. The van der Waals surface area contributed by atoms with E-state index >= 15 is 0 Å². The molecule has 0 fully saturated rings. The molecule has 1 atom stereocenters. The van der Waals surface area contributed by atoms with Gasteiger partial charge in [0.1, 0.15) is 5.82 Å². The molecule has 1 aliphatic heterocycles. The summed E-state index contributed by atoms with van der Waals surface area (Å²) in [7, 11) is 1.18. The van der Waals surface area contributed by atoms with E-state index in [0.717, 1.165) is 0 Å². The van der Waals surface area contributed by atoms with Gasteiger partial charge in [-0.25, -0.2) is 9.78 Å². The van der Waals surface area contributed by atoms with Crippen molar-refractivity contribution in [1.82, 2.24) is 9.97 Å². The number of carbonyl (C=O) groups excluding carboxylic acids is 2. The molecule has 3 rings (SSSR count). The molecule has 9 heteroatoms. The number of alkyl halides is 2. The van der Waals surface area contributed by atoms with Crippen LogP contribution in [0.1, 0.15) is 47.9 Å². The number of nitrogens with two attached hydrogens (primary N) is 1. The molecule has 0 radical (unpaired) electrons. The van der Waals surface area contributed by atoms with Crippen LogP contribution in [0.25, 0.3) is 11.3 Å². The molecule has 4 N–H and O–H groups in total. The second-order valence-corrected chi connectivity index (χ2v) is 6.43. The fraction of sp³-hybridized carbons (Fsp3) is 0.389. The van der Waals surface area contributed by atoms with Gasteiger partial charge in [0.05, 0.1) is 18.8 Å². The lowest BCUT2D eigenvalue weighted by Gasteiger charge is -2.18. The molecule has 1 aliphatic rings. The van der Waals surface area contributed by atoms with Crippen LogP contribution in [0.4, 0.5) is 19.3 Å². The number of methoxy groups -OCH3 is 1. The highest BCUT2D eigenvalue weighted by Crippen LogP contribution is 2.34. The number of aromatic nitrogens is 2. The molecule has 144 valence electrons. The summed E-state index contributed by atoms with van der Waals surface area (Å²) in [5, 5.41) is 2.38. The average molecular weight is 378 g/mol. The van der Waals surface area contributed by atoms with Crippen LogP contribution >= 0.6 is 0 Å². The van der Waals surface area contributed by atoms with E-state index in [1.54, 1.807) is 0 Å². The number of Topliss-reactive ketones (excluding diaryl/α,β-unsaturated/α-hetero) is 1. The number of anilines is 1. The predicted octanol–water partition coefficient (Wildman–Crippen LogP) is 3.65. The minimum Gasteiger partial charge on any atom is -0.453 e. The molecule has 0 aliphatic carbocycles. The van der Waals surface area contributed by atoms with E-state index in [1.165, 1.54) is 31.5 Å². The van der Waals surface area contributed by atoms with Crippen LogP contribution in [-0.2, 0) is 4.74 Å². The zero-order valence-electron chi connectivity index (χ0n) is 14.7. The number of H-pyrrole nitrogens is 1. The summed E-state index contributed by atoms with van der Waals surface area (Å²) in [5.41, 5.74) is 6.59. The SMILES string of the molecule is COC(=O)Nc1ccc2c(c1)C(=O)C(F)(F)CCCC[C@H](N)c1nc-2c[nH]1. The molecule has 0 saturated heterocycles. The summed E-state index contributed by atoms with van der Waals surface area (Å²) in [6.07, 6.45) is 1.31. The number of nitrogens with zero attached hydrogens (tertiary/aromatic N) is 1. The van der Waals surface area contributed by atoms with Crippen LogP contribution in [0, 0.1) is 0 Å². The Morgan fingerprint density at radius 2 is 2.15 bits per heavy atom. The van der Waals surface area contributed by atoms with Gasteiger partial charge in [-0.1, -0.05) is 6.42 Å². The number of fused-ring (bicyclic) bond motifs is 4. The Balaban J connectivity index is 2.12. The molecule has 0 saturated carbocycles. The fourth-order valence-corrected chi connectivity index (χ4v) is 3.03. The van der Waals surface area contributed by atoms with Gasteiger partial charge in [-0.3, -0.25) is 10.1 Å². The summed E-state index contributed by atoms with van der Waals surface area (Å²) >= 11 is 0. The Kier molecular flexibility index (Phi) is 5.22. The lowest BCUT2D eigenvalue weighted by atomic mass is 9.94. The fourth-order valence-electron chi connectivity index (χ4n) is 3.03. The predicted molar refractivity (Wildman–Crippen MR) is 94.7 cm³/mol. The van der Waals surface area contributed by atoms with Crippen molar-refractivity contribution < 1.29 is 23.1 Å². The maximum atomic E-state index is 14.5. The normalized spacial score (nSPS) is 19.4. The maximum absolute atomic E-state index is 14.5. The first-order valence-electron chi connectivity index (χ1n) is 8.54. The monoisotopic (exact) mass is 378 g/mol. The van der Waals surface area contributed by atoms with Crippen molar-refractivity contribution in [2.75, 3.05) is 12.4 Å². The van der Waals surface area contributed by atoms with Crippen LogP contribution in [0.3, 0.4) is 0 Å². The maximum Gasteiger partial charge on any atom is 0.411 e. The van der Waals surface area contributed by atoms with Gasteiger partial charge in [-0.2, -0.15) is 8.78 Å². The number of amides is 1. The first-order chi connectivity index (χ1) is 12.8. The summed E-state index contributed by atoms with van der Waals surface area (Å²) in [4.78, 5) is 31.3. The lowest BCUT2D eigenvalue weighted by Crippen LogP contribution is -2.29. The zero-order valence-corrected chi connectivity index (χ0v) is 14.7. The van der Waals surface area contributed by atoms with Crippen molar-refractivity contribution in [3.63, 3.8) is 0 Å². The van der Waals surface area contributed by atoms with Gasteiger partial charge in [0.2, 0.25) is 5.78 Å². The van der Waals surface area contributed by atoms with Crippen LogP contribution < -0.4 is 11.1 Å². The minimum absolute atomic E-state index is 0.162. The summed E-state index contributed by atoms with van der Waals surface area (Å²) in [5.74, 6) is -4.30. The highest BCUT2D eigenvalue weighted by molar-refractivity contribution is 6.07. The number of ether oxygens (including phenoxy) is 1. The molecule has 7 nitrogen and oxygen atoms in total. The third-order valence-corrected chi connectivity index (χ3v) is 4.51. The summed E-state index contributed by atoms with van der Waals surface area (Å²) in [6, 6.07) is 3.77. The third-order valence-electron chi connectivity index (χ3n) is 4.51. The first-order valence-corrected chi connectivity index (χ1v) is 8.54. The van der Waals surface area contributed by atoms with E-state index in [9.17, 15) is 18.4 Å². The third kappa shape index (κ3) is 3.97. The van der Waals surface area contributed by atoms with Crippen LogP contribution in [0.5, 0.6) is 0 Å². The van der Waals surface area contributed by atoms with Crippen LogP contribution in [0.15, 0.2) is 24.4 Å². The molecular formula is C18H20F2N4O3. The molecule has 0 spiro atoms. The van der Waals surface area contributed by atoms with Gasteiger partial charge in [0.25, 0.3) is 0 Å².